The van der Waals surface area contributed by atoms with Crippen LogP contribution in [0.15, 0.2) is 36.9 Å². The average Bonchev–Trinajstić information content (AvgIpc) is 2.66. The molecule has 0 N–H and O–H groups in total. The summed E-state index contributed by atoms with van der Waals surface area (Å²) >= 11 is 0. The van der Waals surface area contributed by atoms with Crippen LogP contribution in [0, 0.1) is 0 Å². The van der Waals surface area contributed by atoms with Gasteiger partial charge in [0, 0.05) is 13.1 Å². The molecular formula is C23H37NO3. The Labute approximate surface area is 165 Å². The Kier molecular flexibility index (Phi) is 11.0. The maximum absolute atomic E-state index is 11.2. The number of rotatable bonds is 14. The molecule has 0 bridgehead atoms. The highest BCUT2D eigenvalue weighted by Gasteiger charge is 2.22. The maximum atomic E-state index is 11.2. The van der Waals surface area contributed by atoms with Gasteiger partial charge in [-0.2, -0.15) is 0 Å². The first-order valence-corrected chi connectivity index (χ1v) is 10.2. The number of ether oxygens (including phenoxy) is 1. The number of hydrogen-bond acceptors (Lipinski definition) is 4. The number of unbranched alkanes of at least 4 members (excludes halogenated alkanes) is 6. The van der Waals surface area contributed by atoms with Gasteiger partial charge in [-0.1, -0.05) is 76.3 Å². The molecule has 27 heavy (non-hydrogen) atoms. The lowest BCUT2D eigenvalue weighted by Gasteiger charge is -2.28. The third kappa shape index (κ3) is 9.73. The van der Waals surface area contributed by atoms with Crippen LogP contribution in [0.3, 0.4) is 0 Å². The Hall–Kier alpha value is -1.65. The van der Waals surface area contributed by atoms with Crippen molar-refractivity contribution in [1.82, 2.24) is 5.06 Å². The Morgan fingerprint density at radius 3 is 2.26 bits per heavy atom. The molecule has 0 aliphatic heterocycles. The van der Waals surface area contributed by atoms with Crippen molar-refractivity contribution < 1.29 is 14.4 Å². The third-order valence-electron chi connectivity index (χ3n) is 4.74. The number of aryl methyl sites for hydroxylation is 1. The molecule has 0 unspecified atom stereocenters. The molecular weight excluding hydrogens is 338 g/mol. The van der Waals surface area contributed by atoms with Crippen molar-refractivity contribution >= 4 is 5.97 Å². The van der Waals surface area contributed by atoms with Crippen LogP contribution in [-0.4, -0.2) is 24.8 Å². The van der Waals surface area contributed by atoms with E-state index in [0.29, 0.717) is 0 Å². The zero-order chi connectivity index (χ0) is 20.1. The maximum Gasteiger partial charge on any atom is 0.349 e. The summed E-state index contributed by atoms with van der Waals surface area (Å²) in [5.41, 5.74) is 2.02. The standard InChI is InChI=1S/C23H37NO3/c1-6-8-9-10-11-12-13-14-20-15-17-21(18-16-20)23(3,4)26-19-24(5)27-22(25)7-2/h7,15-18H,2,6,8-14,19H2,1,3-5H3. The van der Waals surface area contributed by atoms with Crippen LogP contribution in [-0.2, 0) is 26.4 Å². The van der Waals surface area contributed by atoms with Crippen LogP contribution in [0.1, 0.15) is 76.8 Å². The van der Waals surface area contributed by atoms with E-state index in [9.17, 15) is 4.79 Å². The van der Waals surface area contributed by atoms with Crippen molar-refractivity contribution in [2.45, 2.75) is 77.7 Å². The summed E-state index contributed by atoms with van der Waals surface area (Å²) in [5.74, 6) is -0.492. The van der Waals surface area contributed by atoms with Crippen molar-refractivity contribution in [1.29, 1.82) is 0 Å². The second-order valence-corrected chi connectivity index (χ2v) is 7.59. The second-order valence-electron chi connectivity index (χ2n) is 7.59. The van der Waals surface area contributed by atoms with Gasteiger partial charge in [0.1, 0.15) is 6.73 Å². The van der Waals surface area contributed by atoms with Crippen LogP contribution < -0.4 is 0 Å². The fraction of sp³-hybridized carbons (Fsp3) is 0.609. The van der Waals surface area contributed by atoms with E-state index in [-0.39, 0.29) is 6.73 Å². The van der Waals surface area contributed by atoms with E-state index < -0.39 is 11.6 Å². The summed E-state index contributed by atoms with van der Waals surface area (Å²) < 4.78 is 5.92. The van der Waals surface area contributed by atoms with Crippen LogP contribution in [0.5, 0.6) is 0 Å². The van der Waals surface area contributed by atoms with E-state index in [1.54, 1.807) is 7.05 Å². The van der Waals surface area contributed by atoms with Gasteiger partial charge in [-0.15, -0.1) is 5.06 Å². The first-order chi connectivity index (χ1) is 12.9. The Morgan fingerprint density at radius 1 is 1.07 bits per heavy atom. The van der Waals surface area contributed by atoms with Crippen LogP contribution in [0.4, 0.5) is 0 Å². The molecule has 4 heteroatoms. The lowest BCUT2D eigenvalue weighted by atomic mass is 9.95. The van der Waals surface area contributed by atoms with Crippen LogP contribution in [0.2, 0.25) is 0 Å². The minimum atomic E-state index is -0.492. The zero-order valence-electron chi connectivity index (χ0n) is 17.6. The number of nitrogens with zero attached hydrogens (tertiary/aromatic N) is 1. The minimum absolute atomic E-state index is 0.187. The average molecular weight is 376 g/mol. The number of hydroxylamine groups is 2. The van der Waals surface area contributed by atoms with Crippen molar-refractivity contribution in [2.24, 2.45) is 0 Å². The van der Waals surface area contributed by atoms with Gasteiger partial charge in [-0.25, -0.2) is 4.79 Å². The lowest BCUT2D eigenvalue weighted by Crippen LogP contribution is -2.31. The topological polar surface area (TPSA) is 38.8 Å². The van der Waals surface area contributed by atoms with E-state index in [2.05, 4.69) is 37.8 Å². The highest BCUT2D eigenvalue weighted by molar-refractivity contribution is 5.80. The first-order valence-electron chi connectivity index (χ1n) is 10.2. The molecule has 0 aliphatic carbocycles. The van der Waals surface area contributed by atoms with Gasteiger partial charge in [0.25, 0.3) is 0 Å². The number of hydrogen-bond donors (Lipinski definition) is 0. The Bertz CT molecular complexity index is 551. The van der Waals surface area contributed by atoms with Gasteiger partial charge >= 0.3 is 5.97 Å². The lowest BCUT2D eigenvalue weighted by molar-refractivity contribution is -0.214. The molecule has 0 radical (unpaired) electrons. The van der Waals surface area contributed by atoms with E-state index >= 15 is 0 Å². The third-order valence-corrected chi connectivity index (χ3v) is 4.74. The Morgan fingerprint density at radius 2 is 1.67 bits per heavy atom. The van der Waals surface area contributed by atoms with E-state index in [1.165, 1.54) is 55.6 Å². The molecule has 4 nitrogen and oxygen atoms in total. The minimum Gasteiger partial charge on any atom is -0.362 e. The predicted molar refractivity (Wildman–Crippen MR) is 111 cm³/mol. The fourth-order valence-corrected chi connectivity index (χ4v) is 2.91. The molecule has 0 saturated carbocycles. The van der Waals surface area contributed by atoms with Gasteiger partial charge in [-0.05, 0) is 37.8 Å². The fourth-order valence-electron chi connectivity index (χ4n) is 2.91. The van der Waals surface area contributed by atoms with Crippen molar-refractivity contribution in [3.8, 4) is 0 Å². The van der Waals surface area contributed by atoms with Crippen LogP contribution in [0.25, 0.3) is 0 Å². The molecule has 0 fully saturated rings. The molecule has 0 spiro atoms. The van der Waals surface area contributed by atoms with E-state index in [1.807, 2.05) is 13.8 Å². The molecule has 0 atom stereocenters. The molecule has 0 amide bonds. The van der Waals surface area contributed by atoms with Gasteiger partial charge in [0.2, 0.25) is 0 Å². The molecule has 0 heterocycles. The van der Waals surface area contributed by atoms with Gasteiger partial charge in [-0.3, -0.25) is 0 Å². The second kappa shape index (κ2) is 12.7. The Balaban J connectivity index is 2.38. The SMILES string of the molecule is C=CC(=O)ON(C)COC(C)(C)c1ccc(CCCCCCCCC)cc1. The van der Waals surface area contributed by atoms with Gasteiger partial charge < -0.3 is 9.57 Å². The number of benzene rings is 1. The van der Waals surface area contributed by atoms with E-state index in [4.69, 9.17) is 9.57 Å². The van der Waals surface area contributed by atoms with Crippen molar-refractivity contribution in [3.05, 3.63) is 48.0 Å². The summed E-state index contributed by atoms with van der Waals surface area (Å²) in [6.45, 7) is 9.85. The molecule has 152 valence electrons. The number of carbonyl (C=O) groups excluding carboxylic acids is 1. The molecule has 1 aromatic carbocycles. The molecule has 1 aromatic rings. The number of carbonyl (C=O) groups is 1. The molecule has 0 aliphatic rings. The van der Waals surface area contributed by atoms with Gasteiger partial charge in [0.05, 0.1) is 5.60 Å². The summed E-state index contributed by atoms with van der Waals surface area (Å²) in [7, 11) is 1.66. The van der Waals surface area contributed by atoms with Crippen molar-refractivity contribution in [3.63, 3.8) is 0 Å². The van der Waals surface area contributed by atoms with Crippen molar-refractivity contribution in [2.75, 3.05) is 13.8 Å². The zero-order valence-corrected chi connectivity index (χ0v) is 17.6. The normalized spacial score (nSPS) is 11.6. The molecule has 1 rings (SSSR count). The first kappa shape index (κ1) is 23.4. The smallest absolute Gasteiger partial charge is 0.349 e. The highest BCUT2D eigenvalue weighted by Crippen LogP contribution is 2.25. The molecule has 0 saturated heterocycles. The van der Waals surface area contributed by atoms with E-state index in [0.717, 1.165) is 18.1 Å². The molecule has 0 aromatic heterocycles. The monoisotopic (exact) mass is 375 g/mol. The summed E-state index contributed by atoms with van der Waals surface area (Å²) in [6, 6.07) is 8.65. The van der Waals surface area contributed by atoms with Gasteiger partial charge in [0.15, 0.2) is 0 Å². The summed E-state index contributed by atoms with van der Waals surface area (Å²) in [4.78, 5) is 16.2. The largest absolute Gasteiger partial charge is 0.362 e. The van der Waals surface area contributed by atoms with Crippen LogP contribution >= 0.6 is 0 Å². The predicted octanol–water partition coefficient (Wildman–Crippen LogP) is 5.76. The highest BCUT2D eigenvalue weighted by atomic mass is 16.7. The quantitative estimate of drug-likeness (QED) is 0.179. The summed E-state index contributed by atoms with van der Waals surface area (Å²) in [5, 5.41) is 1.36. The summed E-state index contributed by atoms with van der Waals surface area (Å²) in [6.07, 6.45) is 11.6.